The highest BCUT2D eigenvalue weighted by Crippen LogP contribution is 2.12. The van der Waals surface area contributed by atoms with Crippen molar-refractivity contribution < 1.29 is 9.90 Å². The number of amides is 1. The van der Waals surface area contributed by atoms with Crippen molar-refractivity contribution >= 4 is 5.91 Å². The van der Waals surface area contributed by atoms with Crippen molar-refractivity contribution in [1.82, 2.24) is 5.32 Å². The molecule has 0 heterocycles. The van der Waals surface area contributed by atoms with Gasteiger partial charge in [0.1, 0.15) is 0 Å². The average Bonchev–Trinajstić information content (AvgIpc) is 2.12. The summed E-state index contributed by atoms with van der Waals surface area (Å²) in [5, 5.41) is 12.3. The van der Waals surface area contributed by atoms with Gasteiger partial charge in [0.2, 0.25) is 5.91 Å². The highest BCUT2D eigenvalue weighted by atomic mass is 16.3. The molecule has 0 aromatic heterocycles. The van der Waals surface area contributed by atoms with Crippen LogP contribution in [0.5, 0.6) is 0 Å². The number of rotatable bonds is 5. The van der Waals surface area contributed by atoms with Crippen molar-refractivity contribution in [3.05, 3.63) is 0 Å². The lowest BCUT2D eigenvalue weighted by Crippen LogP contribution is -2.36. The van der Waals surface area contributed by atoms with Crippen LogP contribution in [0.1, 0.15) is 47.5 Å². The molecule has 0 aliphatic rings. The zero-order valence-corrected chi connectivity index (χ0v) is 10.6. The van der Waals surface area contributed by atoms with E-state index in [1.54, 1.807) is 0 Å². The van der Waals surface area contributed by atoms with Gasteiger partial charge in [0.15, 0.2) is 0 Å². The van der Waals surface area contributed by atoms with Crippen LogP contribution in [-0.2, 0) is 4.79 Å². The fourth-order valence-corrected chi connectivity index (χ4v) is 1.21. The van der Waals surface area contributed by atoms with Crippen LogP contribution in [0.25, 0.3) is 0 Å². The maximum atomic E-state index is 11.6. The second-order valence-corrected chi connectivity index (χ2v) is 5.48. The molecule has 2 N–H and O–H groups in total. The Morgan fingerprint density at radius 2 is 1.93 bits per heavy atom. The summed E-state index contributed by atoms with van der Waals surface area (Å²) in [5.41, 5.74) is 0.110. The van der Waals surface area contributed by atoms with Gasteiger partial charge in [0.25, 0.3) is 0 Å². The number of hydrogen-bond donors (Lipinski definition) is 2. The van der Waals surface area contributed by atoms with Gasteiger partial charge < -0.3 is 10.4 Å². The first kappa shape index (κ1) is 14.4. The topological polar surface area (TPSA) is 49.3 Å². The Labute approximate surface area is 93.3 Å². The summed E-state index contributed by atoms with van der Waals surface area (Å²) in [5.74, 6) is -0.0697. The van der Waals surface area contributed by atoms with Crippen LogP contribution >= 0.6 is 0 Å². The maximum absolute atomic E-state index is 11.6. The first-order chi connectivity index (χ1) is 6.76. The molecule has 15 heavy (non-hydrogen) atoms. The monoisotopic (exact) mass is 215 g/mol. The zero-order chi connectivity index (χ0) is 12.1. The van der Waals surface area contributed by atoms with E-state index < -0.39 is 0 Å². The standard InChI is InChI=1S/C12H25NO2/c1-6-10(14)7-9(2)11(15)13-8-12(3,4)5/h9-10,14H,6-8H2,1-5H3,(H,13,15). The van der Waals surface area contributed by atoms with E-state index in [1.165, 1.54) is 0 Å². The van der Waals surface area contributed by atoms with Gasteiger partial charge >= 0.3 is 0 Å². The minimum atomic E-state index is -0.361. The minimum absolute atomic E-state index is 0.0393. The second kappa shape index (κ2) is 6.11. The van der Waals surface area contributed by atoms with E-state index >= 15 is 0 Å². The molecule has 3 heteroatoms. The van der Waals surface area contributed by atoms with Crippen molar-refractivity contribution in [3.8, 4) is 0 Å². The van der Waals surface area contributed by atoms with Crippen molar-refractivity contribution in [2.45, 2.75) is 53.6 Å². The summed E-state index contributed by atoms with van der Waals surface area (Å²) in [6, 6.07) is 0. The molecule has 2 unspecified atom stereocenters. The van der Waals surface area contributed by atoms with Gasteiger partial charge in [-0.05, 0) is 18.3 Å². The third-order valence-corrected chi connectivity index (χ3v) is 2.34. The lowest BCUT2D eigenvalue weighted by molar-refractivity contribution is -0.125. The Morgan fingerprint density at radius 3 is 2.33 bits per heavy atom. The molecular formula is C12H25NO2. The first-order valence-electron chi connectivity index (χ1n) is 5.72. The summed E-state index contributed by atoms with van der Waals surface area (Å²) >= 11 is 0. The van der Waals surface area contributed by atoms with Crippen LogP contribution in [0.4, 0.5) is 0 Å². The molecule has 0 bridgehead atoms. The van der Waals surface area contributed by atoms with Crippen LogP contribution < -0.4 is 5.32 Å². The van der Waals surface area contributed by atoms with E-state index in [-0.39, 0.29) is 23.3 Å². The smallest absolute Gasteiger partial charge is 0.222 e. The molecule has 1 amide bonds. The molecule has 0 aliphatic carbocycles. The van der Waals surface area contributed by atoms with E-state index in [2.05, 4.69) is 26.1 Å². The number of nitrogens with one attached hydrogen (secondary N) is 1. The molecular weight excluding hydrogens is 190 g/mol. The number of aliphatic hydroxyl groups excluding tert-OH is 1. The van der Waals surface area contributed by atoms with Crippen LogP contribution in [0.15, 0.2) is 0 Å². The van der Waals surface area contributed by atoms with E-state index in [9.17, 15) is 9.90 Å². The number of carbonyl (C=O) groups is 1. The molecule has 0 radical (unpaired) electrons. The lowest BCUT2D eigenvalue weighted by atomic mass is 9.96. The van der Waals surface area contributed by atoms with Crippen molar-refractivity contribution in [2.24, 2.45) is 11.3 Å². The van der Waals surface area contributed by atoms with Gasteiger partial charge in [0, 0.05) is 12.5 Å². The number of hydrogen-bond acceptors (Lipinski definition) is 2. The molecule has 0 aliphatic heterocycles. The minimum Gasteiger partial charge on any atom is -0.393 e. The van der Waals surface area contributed by atoms with Crippen LogP contribution in [0, 0.1) is 11.3 Å². The highest BCUT2D eigenvalue weighted by molar-refractivity contribution is 5.78. The summed E-state index contributed by atoms with van der Waals surface area (Å²) < 4.78 is 0. The SMILES string of the molecule is CCC(O)CC(C)C(=O)NCC(C)(C)C. The van der Waals surface area contributed by atoms with Gasteiger partial charge in [0.05, 0.1) is 6.10 Å². The number of carbonyl (C=O) groups excluding carboxylic acids is 1. The molecule has 0 rings (SSSR count). The molecule has 0 aromatic rings. The lowest BCUT2D eigenvalue weighted by Gasteiger charge is -2.21. The highest BCUT2D eigenvalue weighted by Gasteiger charge is 2.18. The molecule has 90 valence electrons. The fraction of sp³-hybridized carbons (Fsp3) is 0.917. The molecule has 0 saturated heterocycles. The third-order valence-electron chi connectivity index (χ3n) is 2.34. The predicted molar refractivity (Wildman–Crippen MR) is 62.5 cm³/mol. The molecule has 0 saturated carbocycles. The Kier molecular flexibility index (Phi) is 5.88. The molecule has 2 atom stereocenters. The van der Waals surface area contributed by atoms with E-state index in [0.717, 1.165) is 0 Å². The van der Waals surface area contributed by atoms with Crippen LogP contribution in [0.2, 0.25) is 0 Å². The Hall–Kier alpha value is -0.570. The normalized spacial score (nSPS) is 15.9. The molecule has 3 nitrogen and oxygen atoms in total. The zero-order valence-electron chi connectivity index (χ0n) is 10.6. The Bertz CT molecular complexity index is 196. The molecule has 0 spiro atoms. The van der Waals surface area contributed by atoms with Crippen molar-refractivity contribution in [3.63, 3.8) is 0 Å². The third kappa shape index (κ3) is 7.37. The first-order valence-corrected chi connectivity index (χ1v) is 5.72. The van der Waals surface area contributed by atoms with Gasteiger partial charge in [-0.2, -0.15) is 0 Å². The fourth-order valence-electron chi connectivity index (χ4n) is 1.21. The predicted octanol–water partition coefficient (Wildman–Crippen LogP) is 1.95. The van der Waals surface area contributed by atoms with E-state index in [1.807, 2.05) is 13.8 Å². The van der Waals surface area contributed by atoms with Crippen LogP contribution in [0.3, 0.4) is 0 Å². The Balaban J connectivity index is 3.89. The maximum Gasteiger partial charge on any atom is 0.222 e. The van der Waals surface area contributed by atoms with Crippen molar-refractivity contribution in [1.29, 1.82) is 0 Å². The van der Waals surface area contributed by atoms with Gasteiger partial charge in [-0.3, -0.25) is 4.79 Å². The summed E-state index contributed by atoms with van der Waals surface area (Å²) in [6.45, 7) is 10.7. The largest absolute Gasteiger partial charge is 0.393 e. The summed E-state index contributed by atoms with van der Waals surface area (Å²) in [6.07, 6.45) is 0.893. The second-order valence-electron chi connectivity index (χ2n) is 5.48. The summed E-state index contributed by atoms with van der Waals surface area (Å²) in [7, 11) is 0. The van der Waals surface area contributed by atoms with E-state index in [4.69, 9.17) is 0 Å². The summed E-state index contributed by atoms with van der Waals surface area (Å²) in [4.78, 5) is 11.6. The molecule has 0 aromatic carbocycles. The Morgan fingerprint density at radius 1 is 1.40 bits per heavy atom. The average molecular weight is 215 g/mol. The van der Waals surface area contributed by atoms with Crippen LogP contribution in [-0.4, -0.2) is 23.7 Å². The van der Waals surface area contributed by atoms with Crippen molar-refractivity contribution in [2.75, 3.05) is 6.54 Å². The quantitative estimate of drug-likeness (QED) is 0.736. The van der Waals surface area contributed by atoms with Gasteiger partial charge in [-0.1, -0.05) is 34.6 Å². The van der Waals surface area contributed by atoms with E-state index in [0.29, 0.717) is 19.4 Å². The number of aliphatic hydroxyl groups is 1. The van der Waals surface area contributed by atoms with Gasteiger partial charge in [-0.15, -0.1) is 0 Å². The van der Waals surface area contributed by atoms with Gasteiger partial charge in [-0.25, -0.2) is 0 Å². The molecule has 0 fully saturated rings.